The van der Waals surface area contributed by atoms with Crippen LogP contribution in [-0.4, -0.2) is 18.8 Å². The van der Waals surface area contributed by atoms with E-state index in [2.05, 4.69) is 70.3 Å². The van der Waals surface area contributed by atoms with E-state index in [1.807, 2.05) is 12.1 Å². The van der Waals surface area contributed by atoms with E-state index in [4.69, 9.17) is 9.47 Å². The van der Waals surface area contributed by atoms with Gasteiger partial charge in [0.2, 0.25) is 0 Å². The Bertz CT molecular complexity index is 483. The normalized spacial score (nSPS) is 21.8. The van der Waals surface area contributed by atoms with Crippen LogP contribution < -0.4 is 4.74 Å². The second-order valence-electron chi connectivity index (χ2n) is 4.05. The third kappa shape index (κ3) is 3.20. The van der Waals surface area contributed by atoms with Crippen molar-refractivity contribution in [2.75, 3.05) is 13.2 Å². The first-order valence-corrected chi connectivity index (χ1v) is 8.37. The van der Waals surface area contributed by atoms with Gasteiger partial charge < -0.3 is 9.47 Å². The Kier molecular flexibility index (Phi) is 4.97. The summed E-state index contributed by atoms with van der Waals surface area (Å²) in [5.41, 5.74) is -0.180. The summed E-state index contributed by atoms with van der Waals surface area (Å²) in [5.74, 6) is 0.768. The first-order valence-electron chi connectivity index (χ1n) is 5.20. The fourth-order valence-electron chi connectivity index (χ4n) is 1.51. The summed E-state index contributed by atoms with van der Waals surface area (Å²) < 4.78 is 15.0. The highest BCUT2D eigenvalue weighted by Gasteiger charge is 2.44. The van der Waals surface area contributed by atoms with Gasteiger partial charge in [0, 0.05) is 8.95 Å². The number of hydrogen-bond acceptors (Lipinski definition) is 2. The molecule has 1 aliphatic heterocycles. The Morgan fingerprint density at radius 1 is 1.28 bits per heavy atom. The van der Waals surface area contributed by atoms with E-state index >= 15 is 0 Å². The highest BCUT2D eigenvalue weighted by Crippen LogP contribution is 2.44. The minimum Gasteiger partial charge on any atom is -0.488 e. The Balaban J connectivity index is 2.15. The zero-order valence-corrected chi connectivity index (χ0v) is 15.7. The van der Waals surface area contributed by atoms with Crippen LogP contribution in [0.4, 0.5) is 0 Å². The average Bonchev–Trinajstić information content (AvgIpc) is 3.07. The Morgan fingerprint density at radius 3 is 2.50 bits per heavy atom. The predicted octanol–water partition coefficient (Wildman–Crippen LogP) is 5.46. The third-order valence-electron chi connectivity index (χ3n) is 2.62. The fourth-order valence-corrected chi connectivity index (χ4v) is 4.15. The summed E-state index contributed by atoms with van der Waals surface area (Å²) in [6, 6.07) is 1.94. The quantitative estimate of drug-likeness (QED) is 0.229. The van der Waals surface area contributed by atoms with Gasteiger partial charge in [0.1, 0.15) is 18.0 Å². The molecule has 0 aromatic heterocycles. The summed E-state index contributed by atoms with van der Waals surface area (Å²) in [7, 11) is 0. The Morgan fingerprint density at radius 2 is 1.94 bits per heavy atom. The lowest BCUT2D eigenvalue weighted by Gasteiger charge is -2.15. The van der Waals surface area contributed by atoms with Crippen LogP contribution in [-0.2, 0) is 4.74 Å². The Labute approximate surface area is 140 Å². The van der Waals surface area contributed by atoms with Gasteiger partial charge in [-0.05, 0) is 76.2 Å². The molecule has 0 N–H and O–H groups in total. The number of epoxide rings is 1. The van der Waals surface area contributed by atoms with Crippen LogP contribution in [0.5, 0.6) is 5.75 Å². The number of benzene rings is 1. The van der Waals surface area contributed by atoms with E-state index in [0.717, 1.165) is 36.7 Å². The molecule has 0 aliphatic carbocycles. The second-order valence-corrected chi connectivity index (χ2v) is 7.35. The van der Waals surface area contributed by atoms with Crippen molar-refractivity contribution in [1.82, 2.24) is 0 Å². The first-order chi connectivity index (χ1) is 8.49. The van der Waals surface area contributed by atoms with Crippen LogP contribution in [0.15, 0.2) is 36.6 Å². The molecule has 0 spiro atoms. The highest BCUT2D eigenvalue weighted by molar-refractivity contribution is 9.14. The van der Waals surface area contributed by atoms with E-state index in [9.17, 15) is 0 Å². The summed E-state index contributed by atoms with van der Waals surface area (Å²) >= 11 is 14.0. The lowest BCUT2D eigenvalue weighted by atomic mass is 10.1. The van der Waals surface area contributed by atoms with Crippen molar-refractivity contribution in [3.63, 3.8) is 0 Å². The minimum atomic E-state index is -0.180. The standard InChI is InChI=1S/C12H10Br4O2/c1-2-3-12(6-18-12)5-17-11-8(14)4-7(13)9(15)10(11)16/h2,4H,1,3,5-6H2. The maximum Gasteiger partial charge on any atom is 0.149 e. The zero-order valence-electron chi connectivity index (χ0n) is 9.31. The molecule has 1 unspecified atom stereocenters. The van der Waals surface area contributed by atoms with Gasteiger partial charge in [-0.25, -0.2) is 0 Å². The van der Waals surface area contributed by atoms with Gasteiger partial charge in [0.15, 0.2) is 0 Å². The Hall–Kier alpha value is 0.640. The summed E-state index contributed by atoms with van der Waals surface area (Å²) in [6.45, 7) is 4.98. The summed E-state index contributed by atoms with van der Waals surface area (Å²) in [6.07, 6.45) is 2.66. The zero-order chi connectivity index (χ0) is 13.3. The molecule has 1 fully saturated rings. The van der Waals surface area contributed by atoms with Gasteiger partial charge >= 0.3 is 0 Å². The van der Waals surface area contributed by atoms with Crippen molar-refractivity contribution < 1.29 is 9.47 Å². The predicted molar refractivity (Wildman–Crippen MR) is 86.2 cm³/mol. The maximum atomic E-state index is 5.87. The molecule has 0 bridgehead atoms. The van der Waals surface area contributed by atoms with Gasteiger partial charge in [-0.2, -0.15) is 0 Å². The van der Waals surface area contributed by atoms with Crippen LogP contribution >= 0.6 is 63.7 Å². The van der Waals surface area contributed by atoms with Crippen molar-refractivity contribution in [2.45, 2.75) is 12.0 Å². The van der Waals surface area contributed by atoms with Crippen molar-refractivity contribution >= 4 is 63.7 Å². The molecule has 0 radical (unpaired) electrons. The molecule has 0 saturated carbocycles. The van der Waals surface area contributed by atoms with Gasteiger partial charge in [0.05, 0.1) is 15.6 Å². The molecule has 6 heteroatoms. The lowest BCUT2D eigenvalue weighted by molar-refractivity contribution is 0.189. The lowest BCUT2D eigenvalue weighted by Crippen LogP contribution is -2.21. The third-order valence-corrected chi connectivity index (χ3v) is 6.48. The number of hydrogen-bond donors (Lipinski definition) is 0. The number of ether oxygens (including phenoxy) is 2. The van der Waals surface area contributed by atoms with Crippen molar-refractivity contribution in [3.8, 4) is 5.75 Å². The van der Waals surface area contributed by atoms with Crippen LogP contribution in [0.3, 0.4) is 0 Å². The van der Waals surface area contributed by atoms with Crippen molar-refractivity contribution in [3.05, 3.63) is 36.6 Å². The molecule has 1 atom stereocenters. The van der Waals surface area contributed by atoms with Crippen LogP contribution in [0.2, 0.25) is 0 Å². The molecule has 1 heterocycles. The van der Waals surface area contributed by atoms with E-state index < -0.39 is 0 Å². The highest BCUT2D eigenvalue weighted by atomic mass is 79.9. The summed E-state index contributed by atoms with van der Waals surface area (Å²) in [5, 5.41) is 0. The molecule has 1 aliphatic rings. The van der Waals surface area contributed by atoms with E-state index in [1.165, 1.54) is 0 Å². The fraction of sp³-hybridized carbons (Fsp3) is 0.333. The molecular formula is C12H10Br4O2. The molecule has 1 aromatic rings. The molecule has 18 heavy (non-hydrogen) atoms. The van der Waals surface area contributed by atoms with E-state index in [-0.39, 0.29) is 5.60 Å². The molecule has 0 amide bonds. The minimum absolute atomic E-state index is 0.180. The van der Waals surface area contributed by atoms with E-state index in [1.54, 1.807) is 0 Å². The molecule has 2 nitrogen and oxygen atoms in total. The average molecular weight is 506 g/mol. The first kappa shape index (κ1) is 15.0. The molecular weight excluding hydrogens is 496 g/mol. The molecule has 1 aromatic carbocycles. The van der Waals surface area contributed by atoms with Gasteiger partial charge in [-0.3, -0.25) is 0 Å². The van der Waals surface area contributed by atoms with Crippen molar-refractivity contribution in [2.24, 2.45) is 0 Å². The monoisotopic (exact) mass is 502 g/mol. The SMILES string of the molecule is C=CCC1(COc2c(Br)cc(Br)c(Br)c2Br)CO1. The smallest absolute Gasteiger partial charge is 0.149 e. The van der Waals surface area contributed by atoms with Crippen LogP contribution in [0.25, 0.3) is 0 Å². The van der Waals surface area contributed by atoms with Gasteiger partial charge in [0.25, 0.3) is 0 Å². The molecule has 2 rings (SSSR count). The second kappa shape index (κ2) is 5.95. The van der Waals surface area contributed by atoms with E-state index in [0.29, 0.717) is 6.61 Å². The largest absolute Gasteiger partial charge is 0.488 e. The number of rotatable bonds is 5. The van der Waals surface area contributed by atoms with Crippen LogP contribution in [0, 0.1) is 0 Å². The van der Waals surface area contributed by atoms with Gasteiger partial charge in [-0.15, -0.1) is 6.58 Å². The summed E-state index contributed by atoms with van der Waals surface area (Å²) in [4.78, 5) is 0. The van der Waals surface area contributed by atoms with Crippen molar-refractivity contribution in [1.29, 1.82) is 0 Å². The molecule has 1 saturated heterocycles. The maximum absolute atomic E-state index is 5.87. The number of halogens is 4. The molecule has 98 valence electrons. The van der Waals surface area contributed by atoms with Crippen LogP contribution in [0.1, 0.15) is 6.42 Å². The van der Waals surface area contributed by atoms with Gasteiger partial charge in [-0.1, -0.05) is 6.08 Å². The topological polar surface area (TPSA) is 21.8 Å².